The van der Waals surface area contributed by atoms with Gasteiger partial charge in [-0.1, -0.05) is 11.3 Å². The van der Waals surface area contributed by atoms with E-state index >= 15 is 0 Å². The molecule has 2 aromatic heterocycles. The number of aliphatic hydroxyl groups is 1. The number of rotatable bonds is 4. The average Bonchev–Trinajstić information content (AvgIpc) is 3.31. The molecule has 0 radical (unpaired) electrons. The number of anilines is 2. The van der Waals surface area contributed by atoms with Gasteiger partial charge in [0.05, 0.1) is 22.2 Å². The minimum atomic E-state index is -0.118. The van der Waals surface area contributed by atoms with Crippen molar-refractivity contribution in [3.05, 3.63) is 12.3 Å². The van der Waals surface area contributed by atoms with Crippen LogP contribution in [0, 0.1) is 29.1 Å². The van der Waals surface area contributed by atoms with Gasteiger partial charge in [0, 0.05) is 31.8 Å². The molecule has 3 atom stereocenters. The van der Waals surface area contributed by atoms with Crippen LogP contribution < -0.4 is 10.2 Å². The highest BCUT2D eigenvalue weighted by Crippen LogP contribution is 2.40. The molecule has 2 aromatic rings. The van der Waals surface area contributed by atoms with E-state index in [1.54, 1.807) is 6.20 Å². The number of aliphatic hydroxyl groups excluding tert-OH is 1. The summed E-state index contributed by atoms with van der Waals surface area (Å²) in [5.41, 5.74) is 0.805. The summed E-state index contributed by atoms with van der Waals surface area (Å²) < 4.78 is 0.853. The third-order valence-electron chi connectivity index (χ3n) is 4.90. The minimum absolute atomic E-state index is 0.0448. The molecule has 4 rings (SSSR count). The molecule has 1 aliphatic carbocycles. The summed E-state index contributed by atoms with van der Waals surface area (Å²) in [5, 5.41) is 22.0. The molecular formula is C17H19N5O2S. The summed E-state index contributed by atoms with van der Waals surface area (Å²) >= 11 is 1.50. The van der Waals surface area contributed by atoms with Gasteiger partial charge in [0.2, 0.25) is 5.91 Å². The van der Waals surface area contributed by atoms with Crippen molar-refractivity contribution in [1.29, 1.82) is 5.26 Å². The maximum absolute atomic E-state index is 12.3. The molecule has 2 aliphatic rings. The fraction of sp³-hybridized carbons (Fsp3) is 0.529. The Morgan fingerprint density at radius 3 is 3.20 bits per heavy atom. The third kappa shape index (κ3) is 3.17. The average molecular weight is 357 g/mol. The Bertz CT molecular complexity index is 845. The predicted octanol–water partition coefficient (Wildman–Crippen LogP) is 2.00. The van der Waals surface area contributed by atoms with Crippen LogP contribution in [0.25, 0.3) is 10.2 Å². The molecule has 1 amide bonds. The Morgan fingerprint density at radius 1 is 1.56 bits per heavy atom. The van der Waals surface area contributed by atoms with Gasteiger partial charge in [-0.15, -0.1) is 0 Å². The van der Waals surface area contributed by atoms with Gasteiger partial charge in [0.25, 0.3) is 0 Å². The van der Waals surface area contributed by atoms with Crippen LogP contribution in [-0.4, -0.2) is 40.7 Å². The molecule has 1 aliphatic heterocycles. The van der Waals surface area contributed by atoms with Crippen LogP contribution in [0.5, 0.6) is 0 Å². The second-order valence-corrected chi connectivity index (χ2v) is 7.67. The van der Waals surface area contributed by atoms with E-state index in [9.17, 15) is 4.79 Å². The van der Waals surface area contributed by atoms with E-state index < -0.39 is 0 Å². The van der Waals surface area contributed by atoms with Crippen LogP contribution in [0.2, 0.25) is 0 Å². The highest BCUT2D eigenvalue weighted by molar-refractivity contribution is 7.22. The molecule has 130 valence electrons. The number of hydrogen-bond acceptors (Lipinski definition) is 7. The Labute approximate surface area is 149 Å². The molecule has 0 bridgehead atoms. The van der Waals surface area contributed by atoms with E-state index in [4.69, 9.17) is 10.4 Å². The monoisotopic (exact) mass is 357 g/mol. The van der Waals surface area contributed by atoms with Crippen LogP contribution in [0.4, 0.5) is 10.9 Å². The molecule has 8 heteroatoms. The molecule has 1 unspecified atom stereocenters. The predicted molar refractivity (Wildman–Crippen MR) is 95.3 cm³/mol. The van der Waals surface area contributed by atoms with Crippen LogP contribution >= 0.6 is 11.3 Å². The summed E-state index contributed by atoms with van der Waals surface area (Å²) in [7, 11) is 0. The second kappa shape index (κ2) is 6.58. The fourth-order valence-corrected chi connectivity index (χ4v) is 4.34. The molecule has 2 N–H and O–H groups in total. The van der Waals surface area contributed by atoms with E-state index in [-0.39, 0.29) is 30.3 Å². The fourth-order valence-electron chi connectivity index (χ4n) is 3.30. The van der Waals surface area contributed by atoms with Gasteiger partial charge in [0.15, 0.2) is 10.9 Å². The van der Waals surface area contributed by atoms with Crippen molar-refractivity contribution in [2.24, 2.45) is 17.8 Å². The van der Waals surface area contributed by atoms with Gasteiger partial charge < -0.3 is 15.3 Å². The van der Waals surface area contributed by atoms with Crippen LogP contribution in [0.3, 0.4) is 0 Å². The first-order chi connectivity index (χ1) is 12.2. The molecule has 1 saturated carbocycles. The SMILES string of the molecule is N#CC1CCCN(c2nc3ccnc(NC(=O)[C@H]4C[C@H]4CO)c3s2)C1. The molecule has 0 spiro atoms. The Kier molecular flexibility index (Phi) is 4.27. The largest absolute Gasteiger partial charge is 0.396 e. The van der Waals surface area contributed by atoms with Crippen molar-refractivity contribution < 1.29 is 9.90 Å². The van der Waals surface area contributed by atoms with Gasteiger partial charge in [-0.25, -0.2) is 9.97 Å². The normalized spacial score (nSPS) is 25.6. The molecule has 25 heavy (non-hydrogen) atoms. The Balaban J connectivity index is 1.56. The molecule has 7 nitrogen and oxygen atoms in total. The lowest BCUT2D eigenvalue weighted by molar-refractivity contribution is -0.117. The lowest BCUT2D eigenvalue weighted by Gasteiger charge is -2.28. The van der Waals surface area contributed by atoms with Crippen molar-refractivity contribution in [3.8, 4) is 6.07 Å². The van der Waals surface area contributed by atoms with Crippen LogP contribution in [-0.2, 0) is 4.79 Å². The number of thiazole rings is 1. The van der Waals surface area contributed by atoms with E-state index in [0.717, 1.165) is 41.2 Å². The zero-order valence-corrected chi connectivity index (χ0v) is 14.5. The number of nitriles is 1. The number of nitrogens with one attached hydrogen (secondary N) is 1. The first-order valence-electron chi connectivity index (χ1n) is 8.51. The lowest BCUT2D eigenvalue weighted by atomic mass is 10.0. The van der Waals surface area contributed by atoms with Crippen LogP contribution in [0.1, 0.15) is 19.3 Å². The number of nitrogens with zero attached hydrogens (tertiary/aromatic N) is 4. The summed E-state index contributed by atoms with van der Waals surface area (Å²) in [4.78, 5) is 23.4. The smallest absolute Gasteiger partial charge is 0.229 e. The Morgan fingerprint density at radius 2 is 2.44 bits per heavy atom. The standard InChI is InChI=1S/C17H19N5O2S/c18-7-10-2-1-5-22(8-10)17-20-13-3-4-19-15(14(13)25-17)21-16(24)12-6-11(12)9-23/h3-4,10-12,23H,1-2,5-6,8-9H2,(H,19,21,24)/t10?,11-,12-/m0/s1. The molecule has 0 aromatic carbocycles. The number of pyridine rings is 1. The quantitative estimate of drug-likeness (QED) is 0.868. The van der Waals surface area contributed by atoms with E-state index in [0.29, 0.717) is 12.4 Å². The highest BCUT2D eigenvalue weighted by atomic mass is 32.1. The topological polar surface area (TPSA) is 102 Å². The number of fused-ring (bicyclic) bond motifs is 1. The maximum Gasteiger partial charge on any atom is 0.229 e. The van der Waals surface area contributed by atoms with Crippen molar-refractivity contribution in [1.82, 2.24) is 9.97 Å². The van der Waals surface area contributed by atoms with Crippen molar-refractivity contribution in [3.63, 3.8) is 0 Å². The maximum atomic E-state index is 12.3. The van der Waals surface area contributed by atoms with Gasteiger partial charge in [0.1, 0.15) is 0 Å². The summed E-state index contributed by atoms with van der Waals surface area (Å²) in [6.07, 6.45) is 4.30. The van der Waals surface area contributed by atoms with Crippen LogP contribution in [0.15, 0.2) is 12.3 Å². The van der Waals surface area contributed by atoms with Crippen molar-refractivity contribution in [2.75, 3.05) is 29.9 Å². The zero-order chi connectivity index (χ0) is 17.4. The van der Waals surface area contributed by atoms with Gasteiger partial charge in [-0.3, -0.25) is 4.79 Å². The third-order valence-corrected chi connectivity index (χ3v) is 6.04. The number of carbonyl (C=O) groups excluding carboxylic acids is 1. The highest BCUT2D eigenvalue weighted by Gasteiger charge is 2.42. The summed E-state index contributed by atoms with van der Waals surface area (Å²) in [5.74, 6) is 0.448. The molecule has 2 fully saturated rings. The molecular weight excluding hydrogens is 338 g/mol. The molecule has 1 saturated heterocycles. The van der Waals surface area contributed by atoms with E-state index in [1.165, 1.54) is 11.3 Å². The number of aromatic nitrogens is 2. The van der Waals surface area contributed by atoms with Gasteiger partial charge >= 0.3 is 0 Å². The van der Waals surface area contributed by atoms with Crippen molar-refractivity contribution in [2.45, 2.75) is 19.3 Å². The minimum Gasteiger partial charge on any atom is -0.396 e. The van der Waals surface area contributed by atoms with Crippen molar-refractivity contribution >= 4 is 38.4 Å². The molecule has 3 heterocycles. The zero-order valence-electron chi connectivity index (χ0n) is 13.7. The van der Waals surface area contributed by atoms with E-state index in [1.807, 2.05) is 6.07 Å². The van der Waals surface area contributed by atoms with Gasteiger partial charge in [-0.2, -0.15) is 5.26 Å². The first kappa shape index (κ1) is 16.2. The van der Waals surface area contributed by atoms with Gasteiger partial charge in [-0.05, 0) is 31.2 Å². The summed E-state index contributed by atoms with van der Waals surface area (Å²) in [6, 6.07) is 4.19. The Hall–Kier alpha value is -2.24. The number of piperidine rings is 1. The second-order valence-electron chi connectivity index (χ2n) is 6.69. The number of amides is 1. The van der Waals surface area contributed by atoms with E-state index in [2.05, 4.69) is 26.3 Å². The number of carbonyl (C=O) groups is 1. The summed E-state index contributed by atoms with van der Waals surface area (Å²) in [6.45, 7) is 1.65. The lowest BCUT2D eigenvalue weighted by Crippen LogP contribution is -2.34. The number of hydrogen-bond donors (Lipinski definition) is 2. The first-order valence-corrected chi connectivity index (χ1v) is 9.33.